The zero-order chi connectivity index (χ0) is 13.0. The van der Waals surface area contributed by atoms with Gasteiger partial charge in [-0.25, -0.2) is 0 Å². The fourth-order valence-electron chi connectivity index (χ4n) is 2.84. The third-order valence-corrected chi connectivity index (χ3v) is 4.44. The van der Waals surface area contributed by atoms with E-state index < -0.39 is 0 Å². The van der Waals surface area contributed by atoms with Gasteiger partial charge >= 0.3 is 0 Å². The Labute approximate surface area is 119 Å². The van der Waals surface area contributed by atoms with Crippen LogP contribution in [-0.4, -0.2) is 19.6 Å². The van der Waals surface area contributed by atoms with Crippen LogP contribution in [0.3, 0.4) is 0 Å². The van der Waals surface area contributed by atoms with Gasteiger partial charge in [-0.05, 0) is 66.4 Å². The van der Waals surface area contributed by atoms with Gasteiger partial charge in [0.2, 0.25) is 0 Å². The average Bonchev–Trinajstić information content (AvgIpc) is 2.39. The van der Waals surface area contributed by atoms with Crippen LogP contribution in [0.15, 0.2) is 22.7 Å². The van der Waals surface area contributed by atoms with Gasteiger partial charge in [0.1, 0.15) is 0 Å². The van der Waals surface area contributed by atoms with E-state index in [1.807, 2.05) is 7.05 Å². The lowest BCUT2D eigenvalue weighted by Crippen LogP contribution is -2.39. The minimum atomic E-state index is 0.713. The molecule has 0 radical (unpaired) electrons. The van der Waals surface area contributed by atoms with Crippen LogP contribution >= 0.6 is 15.9 Å². The summed E-state index contributed by atoms with van der Waals surface area (Å²) in [6, 6.07) is 7.46. The molecule has 1 N–H and O–H groups in total. The Bertz CT molecular complexity index is 392. The van der Waals surface area contributed by atoms with Crippen LogP contribution in [0.5, 0.6) is 0 Å². The minimum Gasteiger partial charge on any atom is -0.368 e. The summed E-state index contributed by atoms with van der Waals surface area (Å²) in [5.74, 6) is 0. The van der Waals surface area contributed by atoms with Crippen LogP contribution in [0.25, 0.3) is 0 Å². The van der Waals surface area contributed by atoms with E-state index >= 15 is 0 Å². The highest BCUT2D eigenvalue weighted by Gasteiger charge is 2.22. The van der Waals surface area contributed by atoms with Crippen molar-refractivity contribution in [2.45, 2.75) is 45.2 Å². The molecule has 1 unspecified atom stereocenters. The Kier molecular flexibility index (Phi) is 5.07. The van der Waals surface area contributed by atoms with Gasteiger partial charge in [-0.3, -0.25) is 0 Å². The van der Waals surface area contributed by atoms with Crippen molar-refractivity contribution in [3.05, 3.63) is 28.2 Å². The van der Waals surface area contributed by atoms with Crippen LogP contribution < -0.4 is 10.2 Å². The van der Waals surface area contributed by atoms with E-state index in [0.29, 0.717) is 6.04 Å². The first-order valence-electron chi connectivity index (χ1n) is 6.96. The second-order valence-electron chi connectivity index (χ2n) is 5.07. The molecule has 1 aliphatic heterocycles. The van der Waals surface area contributed by atoms with Gasteiger partial charge in [0, 0.05) is 23.6 Å². The normalized spacial score (nSPS) is 20.2. The maximum absolute atomic E-state index is 3.74. The van der Waals surface area contributed by atoms with Gasteiger partial charge < -0.3 is 10.2 Å². The Morgan fingerprint density at radius 2 is 2.22 bits per heavy atom. The van der Waals surface area contributed by atoms with Crippen molar-refractivity contribution in [3.63, 3.8) is 0 Å². The number of nitrogens with one attached hydrogen (secondary N) is 1. The summed E-state index contributed by atoms with van der Waals surface area (Å²) in [6.07, 6.45) is 5.28. The zero-order valence-corrected chi connectivity index (χ0v) is 13.0. The molecule has 18 heavy (non-hydrogen) atoms. The molecular formula is C15H23BrN2. The number of anilines is 1. The SMILES string of the molecule is CCC1CCCCN1c1ccc(CNC)cc1Br. The molecule has 1 saturated heterocycles. The Hall–Kier alpha value is -0.540. The largest absolute Gasteiger partial charge is 0.368 e. The molecule has 2 rings (SSSR count). The number of halogens is 1. The van der Waals surface area contributed by atoms with Crippen molar-refractivity contribution in [1.29, 1.82) is 0 Å². The van der Waals surface area contributed by atoms with E-state index in [1.54, 1.807) is 0 Å². The van der Waals surface area contributed by atoms with Crippen molar-refractivity contribution in [3.8, 4) is 0 Å². The number of benzene rings is 1. The molecule has 1 aromatic carbocycles. The zero-order valence-electron chi connectivity index (χ0n) is 11.4. The first-order valence-corrected chi connectivity index (χ1v) is 7.75. The predicted octanol–water partition coefficient (Wildman–Crippen LogP) is 3.94. The van der Waals surface area contributed by atoms with Gasteiger partial charge in [0.05, 0.1) is 5.69 Å². The molecule has 0 aliphatic carbocycles. The third kappa shape index (κ3) is 3.07. The Morgan fingerprint density at radius 1 is 1.39 bits per heavy atom. The molecule has 2 nitrogen and oxygen atoms in total. The van der Waals surface area contributed by atoms with Crippen molar-refractivity contribution in [1.82, 2.24) is 5.32 Å². The second kappa shape index (κ2) is 6.58. The summed E-state index contributed by atoms with van der Waals surface area (Å²) in [4.78, 5) is 2.58. The van der Waals surface area contributed by atoms with Crippen molar-refractivity contribution >= 4 is 21.6 Å². The molecule has 0 saturated carbocycles. The summed E-state index contributed by atoms with van der Waals surface area (Å²) >= 11 is 3.74. The first kappa shape index (κ1) is 13.9. The fourth-order valence-corrected chi connectivity index (χ4v) is 3.49. The highest BCUT2D eigenvalue weighted by atomic mass is 79.9. The highest BCUT2D eigenvalue weighted by Crippen LogP contribution is 2.33. The summed E-state index contributed by atoms with van der Waals surface area (Å²) in [7, 11) is 1.99. The van der Waals surface area contributed by atoms with E-state index in [4.69, 9.17) is 0 Å². The van der Waals surface area contributed by atoms with Crippen LogP contribution in [0, 0.1) is 0 Å². The molecule has 3 heteroatoms. The topological polar surface area (TPSA) is 15.3 Å². The monoisotopic (exact) mass is 310 g/mol. The van der Waals surface area contributed by atoms with E-state index in [1.165, 1.54) is 48.0 Å². The van der Waals surface area contributed by atoms with E-state index in [-0.39, 0.29) is 0 Å². The molecule has 100 valence electrons. The van der Waals surface area contributed by atoms with Gasteiger partial charge in [-0.15, -0.1) is 0 Å². The smallest absolute Gasteiger partial charge is 0.0513 e. The summed E-state index contributed by atoms with van der Waals surface area (Å²) < 4.78 is 1.23. The number of nitrogens with zero attached hydrogens (tertiary/aromatic N) is 1. The Balaban J connectivity index is 2.21. The quantitative estimate of drug-likeness (QED) is 0.906. The van der Waals surface area contributed by atoms with Crippen LogP contribution in [0.4, 0.5) is 5.69 Å². The molecule has 1 atom stereocenters. The van der Waals surface area contributed by atoms with Crippen LogP contribution in [-0.2, 0) is 6.54 Å². The van der Waals surface area contributed by atoms with Gasteiger partial charge in [-0.2, -0.15) is 0 Å². The number of piperidine rings is 1. The van der Waals surface area contributed by atoms with Crippen LogP contribution in [0.2, 0.25) is 0 Å². The first-order chi connectivity index (χ1) is 8.76. The second-order valence-corrected chi connectivity index (χ2v) is 5.92. The van der Waals surface area contributed by atoms with E-state index in [9.17, 15) is 0 Å². The molecule has 1 aromatic rings. The molecule has 0 bridgehead atoms. The lowest BCUT2D eigenvalue weighted by Gasteiger charge is -2.37. The standard InChI is InChI=1S/C15H23BrN2/c1-3-13-6-4-5-9-18(13)15-8-7-12(11-17-2)10-14(15)16/h7-8,10,13,17H,3-6,9,11H2,1-2H3. The molecule has 1 aliphatic rings. The molecule has 1 fully saturated rings. The number of hydrogen-bond acceptors (Lipinski definition) is 2. The third-order valence-electron chi connectivity index (χ3n) is 3.80. The average molecular weight is 311 g/mol. The summed E-state index contributed by atoms with van der Waals surface area (Å²) in [6.45, 7) is 4.42. The molecule has 0 aromatic heterocycles. The lowest BCUT2D eigenvalue weighted by molar-refractivity contribution is 0.449. The lowest BCUT2D eigenvalue weighted by atomic mass is 9.99. The van der Waals surface area contributed by atoms with Crippen LogP contribution in [0.1, 0.15) is 38.2 Å². The fraction of sp³-hybridized carbons (Fsp3) is 0.600. The maximum Gasteiger partial charge on any atom is 0.0513 e. The molecular weight excluding hydrogens is 288 g/mol. The van der Waals surface area contributed by atoms with Crippen molar-refractivity contribution in [2.24, 2.45) is 0 Å². The van der Waals surface area contributed by atoms with Crippen molar-refractivity contribution in [2.75, 3.05) is 18.5 Å². The van der Waals surface area contributed by atoms with E-state index in [2.05, 4.69) is 51.3 Å². The highest BCUT2D eigenvalue weighted by molar-refractivity contribution is 9.10. The van der Waals surface area contributed by atoms with Gasteiger partial charge in [0.15, 0.2) is 0 Å². The molecule has 0 spiro atoms. The maximum atomic E-state index is 3.74. The number of rotatable bonds is 4. The minimum absolute atomic E-state index is 0.713. The van der Waals surface area contributed by atoms with Gasteiger partial charge in [-0.1, -0.05) is 13.0 Å². The predicted molar refractivity (Wildman–Crippen MR) is 82.2 cm³/mol. The molecule has 1 heterocycles. The Morgan fingerprint density at radius 3 is 2.89 bits per heavy atom. The van der Waals surface area contributed by atoms with E-state index in [0.717, 1.165) is 6.54 Å². The molecule has 0 amide bonds. The van der Waals surface area contributed by atoms with Gasteiger partial charge in [0.25, 0.3) is 0 Å². The van der Waals surface area contributed by atoms with Crippen molar-refractivity contribution < 1.29 is 0 Å². The summed E-state index contributed by atoms with van der Waals surface area (Å²) in [5, 5.41) is 3.20. The summed E-state index contributed by atoms with van der Waals surface area (Å²) in [5.41, 5.74) is 2.69. The number of hydrogen-bond donors (Lipinski definition) is 1.